The van der Waals surface area contributed by atoms with Gasteiger partial charge in [-0.25, -0.2) is 4.98 Å². The Bertz CT molecular complexity index is 585. The van der Waals surface area contributed by atoms with Gasteiger partial charge < -0.3 is 15.6 Å². The van der Waals surface area contributed by atoms with Crippen LogP contribution in [0.15, 0.2) is 16.8 Å². The third-order valence-corrected chi connectivity index (χ3v) is 2.32. The van der Waals surface area contributed by atoms with Crippen LogP contribution in [0.4, 0.5) is 11.5 Å². The maximum atomic E-state index is 8.83. The molecule has 0 atom stereocenters. The van der Waals surface area contributed by atoms with Crippen LogP contribution in [-0.2, 0) is 6.42 Å². The monoisotopic (exact) mass is 244 g/mol. The van der Waals surface area contributed by atoms with Gasteiger partial charge in [0, 0.05) is 26.1 Å². The number of hydrogen-bond donors (Lipinski definition) is 2. The predicted molar refractivity (Wildman–Crippen MR) is 64.6 cm³/mol. The molecule has 0 aliphatic heterocycles. The number of nitriles is 1. The molecule has 2 aromatic rings. The summed E-state index contributed by atoms with van der Waals surface area (Å²) in [4.78, 5) is 8.15. The summed E-state index contributed by atoms with van der Waals surface area (Å²) < 4.78 is 4.86. The van der Waals surface area contributed by atoms with Crippen molar-refractivity contribution in [3.8, 4) is 6.07 Å². The molecule has 0 unspecified atom stereocenters. The molecule has 0 amide bonds. The fourth-order valence-electron chi connectivity index (χ4n) is 1.45. The van der Waals surface area contributed by atoms with Gasteiger partial charge in [0.1, 0.15) is 6.07 Å². The van der Waals surface area contributed by atoms with Crippen molar-refractivity contribution in [3.63, 3.8) is 0 Å². The lowest BCUT2D eigenvalue weighted by atomic mass is 10.2. The van der Waals surface area contributed by atoms with Crippen LogP contribution in [0.25, 0.3) is 0 Å². The second kappa shape index (κ2) is 5.14. The molecule has 0 aliphatic carbocycles. The van der Waals surface area contributed by atoms with Gasteiger partial charge in [0.05, 0.1) is 11.3 Å². The average Bonchev–Trinajstić information content (AvgIpc) is 2.77. The van der Waals surface area contributed by atoms with E-state index in [1.165, 1.54) is 6.20 Å². The zero-order valence-electron chi connectivity index (χ0n) is 9.84. The van der Waals surface area contributed by atoms with Crippen molar-refractivity contribution < 1.29 is 4.52 Å². The molecule has 7 heteroatoms. The molecule has 18 heavy (non-hydrogen) atoms. The highest BCUT2D eigenvalue weighted by Crippen LogP contribution is 2.18. The highest BCUT2D eigenvalue weighted by Gasteiger charge is 2.06. The van der Waals surface area contributed by atoms with Crippen molar-refractivity contribution in [2.75, 3.05) is 17.6 Å². The maximum absolute atomic E-state index is 8.83. The van der Waals surface area contributed by atoms with E-state index in [1.54, 1.807) is 13.0 Å². The lowest BCUT2D eigenvalue weighted by molar-refractivity contribution is 0.387. The Balaban J connectivity index is 1.97. The molecule has 92 valence electrons. The molecule has 0 aliphatic rings. The number of anilines is 2. The van der Waals surface area contributed by atoms with Gasteiger partial charge in [-0.1, -0.05) is 5.16 Å². The molecular formula is C11H12N6O. The summed E-state index contributed by atoms with van der Waals surface area (Å²) in [5, 5.41) is 15.6. The van der Waals surface area contributed by atoms with E-state index in [9.17, 15) is 0 Å². The van der Waals surface area contributed by atoms with Gasteiger partial charge in [0.25, 0.3) is 0 Å². The van der Waals surface area contributed by atoms with Crippen molar-refractivity contribution in [2.24, 2.45) is 0 Å². The minimum absolute atomic E-state index is 0.351. The average molecular weight is 244 g/mol. The molecule has 0 fully saturated rings. The van der Waals surface area contributed by atoms with Crippen LogP contribution < -0.4 is 11.1 Å². The fourth-order valence-corrected chi connectivity index (χ4v) is 1.45. The Morgan fingerprint density at radius 1 is 1.56 bits per heavy atom. The standard InChI is InChI=1S/C11H12N6O/c1-7-16-9(17-18-7)3-5-15-11-10(13)8(6-12)2-4-14-11/h2,4H,3,5,13H2,1H3,(H,14,15). The molecule has 0 saturated carbocycles. The molecular weight excluding hydrogens is 232 g/mol. The largest absolute Gasteiger partial charge is 0.395 e. The molecule has 2 rings (SSSR count). The smallest absolute Gasteiger partial charge is 0.223 e. The maximum Gasteiger partial charge on any atom is 0.223 e. The summed E-state index contributed by atoms with van der Waals surface area (Å²) in [7, 11) is 0. The highest BCUT2D eigenvalue weighted by atomic mass is 16.5. The van der Waals surface area contributed by atoms with E-state index in [4.69, 9.17) is 15.5 Å². The van der Waals surface area contributed by atoms with Gasteiger partial charge in [-0.2, -0.15) is 10.2 Å². The Morgan fingerprint density at radius 2 is 2.39 bits per heavy atom. The van der Waals surface area contributed by atoms with Crippen molar-refractivity contribution in [2.45, 2.75) is 13.3 Å². The van der Waals surface area contributed by atoms with E-state index in [0.717, 1.165) is 0 Å². The van der Waals surface area contributed by atoms with Crippen molar-refractivity contribution >= 4 is 11.5 Å². The third kappa shape index (κ3) is 2.55. The topological polar surface area (TPSA) is 114 Å². The molecule has 0 radical (unpaired) electrons. The molecule has 2 aromatic heterocycles. The number of nitrogens with one attached hydrogen (secondary N) is 1. The second-order valence-corrected chi connectivity index (χ2v) is 3.64. The van der Waals surface area contributed by atoms with Gasteiger partial charge in [-0.05, 0) is 6.07 Å². The van der Waals surface area contributed by atoms with Crippen LogP contribution in [0.2, 0.25) is 0 Å². The van der Waals surface area contributed by atoms with Gasteiger partial charge in [-0.15, -0.1) is 0 Å². The zero-order chi connectivity index (χ0) is 13.0. The van der Waals surface area contributed by atoms with E-state index >= 15 is 0 Å². The number of hydrogen-bond acceptors (Lipinski definition) is 7. The second-order valence-electron chi connectivity index (χ2n) is 3.64. The van der Waals surface area contributed by atoms with Gasteiger partial charge in [0.15, 0.2) is 11.6 Å². The Labute approximate surface area is 104 Å². The minimum Gasteiger partial charge on any atom is -0.395 e. The summed E-state index contributed by atoms with van der Waals surface area (Å²) in [6.45, 7) is 2.30. The fraction of sp³-hybridized carbons (Fsp3) is 0.273. The lowest BCUT2D eigenvalue weighted by Crippen LogP contribution is -2.10. The van der Waals surface area contributed by atoms with E-state index < -0.39 is 0 Å². The van der Waals surface area contributed by atoms with Crippen molar-refractivity contribution in [1.82, 2.24) is 15.1 Å². The molecule has 0 bridgehead atoms. The first-order valence-electron chi connectivity index (χ1n) is 5.38. The van der Waals surface area contributed by atoms with Crippen LogP contribution in [-0.4, -0.2) is 21.7 Å². The van der Waals surface area contributed by atoms with Gasteiger partial charge in [0.2, 0.25) is 5.89 Å². The zero-order valence-corrected chi connectivity index (χ0v) is 9.84. The quantitative estimate of drug-likeness (QED) is 0.820. The Kier molecular flexibility index (Phi) is 3.38. The van der Waals surface area contributed by atoms with Crippen LogP contribution in [0.3, 0.4) is 0 Å². The van der Waals surface area contributed by atoms with Crippen LogP contribution in [0, 0.1) is 18.3 Å². The molecule has 3 N–H and O–H groups in total. The highest BCUT2D eigenvalue weighted by molar-refractivity contribution is 5.68. The van der Waals surface area contributed by atoms with Crippen molar-refractivity contribution in [1.29, 1.82) is 5.26 Å². The Morgan fingerprint density at radius 3 is 3.06 bits per heavy atom. The molecule has 0 saturated heterocycles. The number of nitrogen functional groups attached to an aromatic ring is 1. The van der Waals surface area contributed by atoms with Crippen molar-refractivity contribution in [3.05, 3.63) is 29.5 Å². The Hall–Kier alpha value is -2.62. The number of aromatic nitrogens is 3. The molecule has 0 spiro atoms. The summed E-state index contributed by atoms with van der Waals surface area (Å²) in [5.41, 5.74) is 6.54. The van der Waals surface area contributed by atoms with E-state index in [2.05, 4.69) is 20.4 Å². The first kappa shape index (κ1) is 11.9. The summed E-state index contributed by atoms with van der Waals surface area (Å²) >= 11 is 0. The summed E-state index contributed by atoms with van der Waals surface area (Å²) in [6.07, 6.45) is 2.13. The van der Waals surface area contributed by atoms with Gasteiger partial charge in [-0.3, -0.25) is 0 Å². The summed E-state index contributed by atoms with van der Waals surface area (Å²) in [6, 6.07) is 3.57. The SMILES string of the molecule is Cc1nc(CCNc2nccc(C#N)c2N)no1. The first-order chi connectivity index (χ1) is 8.70. The third-order valence-electron chi connectivity index (χ3n) is 2.32. The number of nitrogens with zero attached hydrogens (tertiary/aromatic N) is 4. The van der Waals surface area contributed by atoms with E-state index in [1.807, 2.05) is 6.07 Å². The first-order valence-corrected chi connectivity index (χ1v) is 5.38. The molecule has 2 heterocycles. The number of aryl methyl sites for hydroxylation is 1. The minimum atomic E-state index is 0.351. The number of pyridine rings is 1. The molecule has 0 aromatic carbocycles. The van der Waals surface area contributed by atoms with Crippen LogP contribution in [0.1, 0.15) is 17.3 Å². The normalized spacial score (nSPS) is 10.0. The lowest BCUT2D eigenvalue weighted by Gasteiger charge is -2.07. The predicted octanol–water partition coefficient (Wildman–Crippen LogP) is 0.882. The van der Waals surface area contributed by atoms with Crippen LogP contribution >= 0.6 is 0 Å². The van der Waals surface area contributed by atoms with Crippen LogP contribution in [0.5, 0.6) is 0 Å². The molecule has 7 nitrogen and oxygen atoms in total. The van der Waals surface area contributed by atoms with E-state index in [-0.39, 0.29) is 0 Å². The number of nitrogens with two attached hydrogens (primary N) is 1. The summed E-state index contributed by atoms with van der Waals surface area (Å²) in [5.74, 6) is 1.65. The number of rotatable bonds is 4. The van der Waals surface area contributed by atoms with Gasteiger partial charge >= 0.3 is 0 Å². The van der Waals surface area contributed by atoms with E-state index in [0.29, 0.717) is 41.7 Å².